The highest BCUT2D eigenvalue weighted by molar-refractivity contribution is 5.43. The van der Waals surface area contributed by atoms with Crippen LogP contribution in [0, 0.1) is 5.41 Å². The minimum atomic E-state index is -4.52. The summed E-state index contributed by atoms with van der Waals surface area (Å²) in [7, 11) is 1.67. The molecule has 0 aliphatic carbocycles. The lowest BCUT2D eigenvalue weighted by Gasteiger charge is -2.27. The number of alkyl halides is 3. The van der Waals surface area contributed by atoms with Gasteiger partial charge in [0, 0.05) is 19.7 Å². The lowest BCUT2D eigenvalue weighted by molar-refractivity contribution is -0.141. The van der Waals surface area contributed by atoms with Crippen molar-refractivity contribution in [1.82, 2.24) is 9.97 Å². The second kappa shape index (κ2) is 4.62. The highest BCUT2D eigenvalue weighted by Gasteiger charge is 2.34. The number of nitrogens with two attached hydrogens (primary N) is 1. The minimum absolute atomic E-state index is 0.0626. The fraction of sp³-hybridized carbons (Fsp3) is 0.636. The van der Waals surface area contributed by atoms with E-state index in [1.54, 1.807) is 11.9 Å². The molecule has 0 spiro atoms. The number of hydrogen-bond acceptors (Lipinski definition) is 4. The molecule has 2 N–H and O–H groups in total. The summed E-state index contributed by atoms with van der Waals surface area (Å²) < 4.78 is 37.8. The van der Waals surface area contributed by atoms with E-state index in [9.17, 15) is 13.2 Å². The Hall–Kier alpha value is -1.53. The Bertz CT molecular complexity index is 423. The first kappa shape index (κ1) is 14.5. The molecule has 0 saturated carbocycles. The van der Waals surface area contributed by atoms with Crippen molar-refractivity contribution in [2.75, 3.05) is 24.2 Å². The summed E-state index contributed by atoms with van der Waals surface area (Å²) in [5, 5.41) is 0. The van der Waals surface area contributed by atoms with E-state index in [-0.39, 0.29) is 17.2 Å². The first-order chi connectivity index (χ1) is 7.99. The molecule has 0 aliphatic rings. The maximum atomic E-state index is 12.6. The van der Waals surface area contributed by atoms with E-state index in [0.29, 0.717) is 6.54 Å². The van der Waals surface area contributed by atoms with Crippen molar-refractivity contribution < 1.29 is 13.2 Å². The van der Waals surface area contributed by atoms with Crippen LogP contribution in [0.3, 0.4) is 0 Å². The molecule has 1 heterocycles. The summed E-state index contributed by atoms with van der Waals surface area (Å²) in [4.78, 5) is 8.66. The number of halogens is 3. The summed E-state index contributed by atoms with van der Waals surface area (Å²) in [5.74, 6) is -0.203. The predicted octanol–water partition coefficient (Wildman–Crippen LogP) is 2.56. The Kier molecular flexibility index (Phi) is 3.73. The van der Waals surface area contributed by atoms with Gasteiger partial charge in [-0.2, -0.15) is 18.2 Å². The fourth-order valence-corrected chi connectivity index (χ4v) is 1.59. The second-order valence-electron chi connectivity index (χ2n) is 5.38. The molecule has 4 nitrogen and oxygen atoms in total. The molecule has 1 aromatic heterocycles. The maximum Gasteiger partial charge on any atom is 0.433 e. The van der Waals surface area contributed by atoms with Gasteiger partial charge in [-0.25, -0.2) is 4.98 Å². The Morgan fingerprint density at radius 3 is 2.22 bits per heavy atom. The molecule has 0 saturated heterocycles. The van der Waals surface area contributed by atoms with Crippen LogP contribution >= 0.6 is 0 Å². The standard InChI is InChI=1S/C11H17F3N4/c1-10(2,3)6-18(4)8-5-7(11(12,13)14)16-9(15)17-8/h5H,6H2,1-4H3,(H2,15,16,17). The molecular formula is C11H17F3N4. The molecule has 7 heteroatoms. The zero-order valence-electron chi connectivity index (χ0n) is 10.8. The van der Waals surface area contributed by atoms with Gasteiger partial charge in [-0.05, 0) is 5.41 Å². The second-order valence-corrected chi connectivity index (χ2v) is 5.38. The van der Waals surface area contributed by atoms with Crippen LogP contribution in [0.15, 0.2) is 6.07 Å². The minimum Gasteiger partial charge on any atom is -0.368 e. The average Bonchev–Trinajstić information content (AvgIpc) is 2.12. The molecule has 0 fully saturated rings. The molecule has 0 amide bonds. The van der Waals surface area contributed by atoms with Gasteiger partial charge < -0.3 is 10.6 Å². The van der Waals surface area contributed by atoms with Crippen molar-refractivity contribution in [3.8, 4) is 0 Å². The van der Waals surface area contributed by atoms with Gasteiger partial charge in [0.15, 0.2) is 5.69 Å². The van der Waals surface area contributed by atoms with Crippen molar-refractivity contribution in [3.63, 3.8) is 0 Å². The number of hydrogen-bond donors (Lipinski definition) is 1. The van der Waals surface area contributed by atoms with Crippen LogP contribution in [-0.4, -0.2) is 23.6 Å². The topological polar surface area (TPSA) is 55.0 Å². The Morgan fingerprint density at radius 2 is 1.78 bits per heavy atom. The van der Waals surface area contributed by atoms with E-state index < -0.39 is 11.9 Å². The normalized spacial score (nSPS) is 12.6. The van der Waals surface area contributed by atoms with E-state index in [0.717, 1.165) is 6.07 Å². The number of aromatic nitrogens is 2. The lowest BCUT2D eigenvalue weighted by atomic mass is 9.96. The van der Waals surface area contributed by atoms with Gasteiger partial charge in [0.1, 0.15) is 5.82 Å². The van der Waals surface area contributed by atoms with Gasteiger partial charge in [-0.15, -0.1) is 0 Å². The summed E-state index contributed by atoms with van der Waals surface area (Å²) in [5.41, 5.74) is 4.22. The molecule has 0 unspecified atom stereocenters. The molecule has 0 aromatic carbocycles. The Balaban J connectivity index is 3.07. The first-order valence-corrected chi connectivity index (χ1v) is 5.42. The van der Waals surface area contributed by atoms with Gasteiger partial charge in [0.05, 0.1) is 0 Å². The van der Waals surface area contributed by atoms with E-state index >= 15 is 0 Å². The smallest absolute Gasteiger partial charge is 0.368 e. The van der Waals surface area contributed by atoms with Crippen LogP contribution < -0.4 is 10.6 Å². The molecule has 1 aromatic rings. The number of rotatable bonds is 2. The van der Waals surface area contributed by atoms with Gasteiger partial charge in [-0.1, -0.05) is 20.8 Å². The number of nitrogen functional groups attached to an aromatic ring is 1. The molecule has 0 bridgehead atoms. The fourth-order valence-electron chi connectivity index (χ4n) is 1.59. The van der Waals surface area contributed by atoms with Gasteiger partial charge in [0.25, 0.3) is 0 Å². The van der Waals surface area contributed by atoms with Crippen LogP contribution in [0.4, 0.5) is 24.9 Å². The third kappa shape index (κ3) is 4.05. The molecule has 0 aliphatic heterocycles. The molecule has 0 atom stereocenters. The van der Waals surface area contributed by atoms with Gasteiger partial charge >= 0.3 is 6.18 Å². The highest BCUT2D eigenvalue weighted by Crippen LogP contribution is 2.30. The molecule has 18 heavy (non-hydrogen) atoms. The van der Waals surface area contributed by atoms with Crippen molar-refractivity contribution in [2.45, 2.75) is 26.9 Å². The van der Waals surface area contributed by atoms with E-state index in [2.05, 4.69) is 9.97 Å². The SMILES string of the molecule is CN(CC(C)(C)C)c1cc(C(F)(F)F)nc(N)n1. The summed E-state index contributed by atoms with van der Waals surface area (Å²) in [6.07, 6.45) is -4.52. The van der Waals surface area contributed by atoms with Gasteiger partial charge in [-0.3, -0.25) is 0 Å². The van der Waals surface area contributed by atoms with E-state index in [1.807, 2.05) is 20.8 Å². The predicted molar refractivity (Wildman–Crippen MR) is 64.2 cm³/mol. The quantitative estimate of drug-likeness (QED) is 0.890. The highest BCUT2D eigenvalue weighted by atomic mass is 19.4. The van der Waals surface area contributed by atoms with Crippen molar-refractivity contribution >= 4 is 11.8 Å². The van der Waals surface area contributed by atoms with Crippen LogP contribution in [0.2, 0.25) is 0 Å². The van der Waals surface area contributed by atoms with Crippen LogP contribution in [-0.2, 0) is 6.18 Å². The first-order valence-electron chi connectivity index (χ1n) is 5.42. The molecule has 1 rings (SSSR count). The zero-order chi connectivity index (χ0) is 14.1. The lowest BCUT2D eigenvalue weighted by Crippen LogP contribution is -2.30. The summed E-state index contributed by atoms with van der Waals surface area (Å²) in [6.45, 7) is 6.51. The largest absolute Gasteiger partial charge is 0.433 e. The monoisotopic (exact) mass is 262 g/mol. The third-order valence-electron chi connectivity index (χ3n) is 2.12. The Morgan fingerprint density at radius 1 is 1.22 bits per heavy atom. The number of anilines is 2. The van der Waals surface area contributed by atoms with E-state index in [4.69, 9.17) is 5.73 Å². The third-order valence-corrected chi connectivity index (χ3v) is 2.12. The Labute approximate surface area is 104 Å². The average molecular weight is 262 g/mol. The maximum absolute atomic E-state index is 12.6. The summed E-state index contributed by atoms with van der Waals surface area (Å²) in [6, 6.07) is 0.905. The zero-order valence-corrected chi connectivity index (χ0v) is 10.8. The van der Waals surface area contributed by atoms with Crippen LogP contribution in [0.25, 0.3) is 0 Å². The number of nitrogens with zero attached hydrogens (tertiary/aromatic N) is 3. The van der Waals surface area contributed by atoms with Crippen LogP contribution in [0.1, 0.15) is 26.5 Å². The molecule has 0 radical (unpaired) electrons. The molecular weight excluding hydrogens is 245 g/mol. The van der Waals surface area contributed by atoms with Crippen molar-refractivity contribution in [1.29, 1.82) is 0 Å². The molecule has 102 valence electrons. The van der Waals surface area contributed by atoms with Gasteiger partial charge in [0.2, 0.25) is 5.95 Å². The van der Waals surface area contributed by atoms with Crippen molar-refractivity contribution in [2.24, 2.45) is 5.41 Å². The summed E-state index contributed by atoms with van der Waals surface area (Å²) >= 11 is 0. The van der Waals surface area contributed by atoms with Crippen molar-refractivity contribution in [3.05, 3.63) is 11.8 Å². The van der Waals surface area contributed by atoms with E-state index in [1.165, 1.54) is 0 Å². The van der Waals surface area contributed by atoms with Crippen LogP contribution in [0.5, 0.6) is 0 Å².